The largest absolute Gasteiger partial charge is 0.507 e. The summed E-state index contributed by atoms with van der Waals surface area (Å²) < 4.78 is 34.0. The van der Waals surface area contributed by atoms with Gasteiger partial charge in [0.15, 0.2) is 17.5 Å². The highest BCUT2D eigenvalue weighted by Gasteiger charge is 2.39. The first kappa shape index (κ1) is 24.7. The van der Waals surface area contributed by atoms with Gasteiger partial charge in [-0.05, 0) is 43.2 Å². The molecule has 0 bridgehead atoms. The minimum absolute atomic E-state index is 0.00181. The number of phenolic OH excluding ortho intramolecular Hbond substituents is 1. The van der Waals surface area contributed by atoms with Crippen LogP contribution in [0.1, 0.15) is 46.0 Å². The van der Waals surface area contributed by atoms with E-state index in [1.165, 1.54) is 19.4 Å². The number of phenols is 1. The second-order valence-corrected chi connectivity index (χ2v) is 9.42. The molecule has 0 unspecified atom stereocenters. The van der Waals surface area contributed by atoms with E-state index in [1.807, 2.05) is 11.9 Å². The van der Waals surface area contributed by atoms with Crippen molar-refractivity contribution < 1.29 is 18.6 Å². The lowest BCUT2D eigenvalue weighted by atomic mass is 9.70. The van der Waals surface area contributed by atoms with E-state index in [0.717, 1.165) is 31.9 Å². The summed E-state index contributed by atoms with van der Waals surface area (Å²) in [6.45, 7) is 4.38. The zero-order chi connectivity index (χ0) is 25.2. The molecule has 3 atom stereocenters. The molecule has 0 aliphatic heterocycles. The molecule has 8 nitrogen and oxygen atoms in total. The molecule has 3 aromatic rings. The van der Waals surface area contributed by atoms with Crippen LogP contribution < -0.4 is 9.64 Å². The van der Waals surface area contributed by atoms with E-state index in [-0.39, 0.29) is 34.7 Å². The highest BCUT2D eigenvalue weighted by Crippen LogP contribution is 2.43. The normalized spacial score (nSPS) is 22.1. The Morgan fingerprint density at radius 3 is 2.69 bits per heavy atom. The molecule has 0 radical (unpaired) electrons. The summed E-state index contributed by atoms with van der Waals surface area (Å²) in [6, 6.07) is 4.24. The second-order valence-electron chi connectivity index (χ2n) is 9.42. The topological polar surface area (TPSA) is 97.2 Å². The molecule has 4 rings (SSSR count). The fourth-order valence-corrected chi connectivity index (χ4v) is 4.87. The molecule has 1 aliphatic rings. The van der Waals surface area contributed by atoms with Crippen molar-refractivity contribution in [1.82, 2.24) is 25.1 Å². The van der Waals surface area contributed by atoms with Crippen molar-refractivity contribution in [2.45, 2.75) is 58.2 Å². The van der Waals surface area contributed by atoms with E-state index >= 15 is 0 Å². The average molecular weight is 485 g/mol. The number of aromatic nitrogens is 5. The quantitative estimate of drug-likeness (QED) is 0.501. The monoisotopic (exact) mass is 484 g/mol. The number of halogens is 2. The number of alkyl halides is 1. The van der Waals surface area contributed by atoms with Crippen LogP contribution in [0.5, 0.6) is 11.8 Å². The number of benzene rings is 1. The minimum Gasteiger partial charge on any atom is -0.507 e. The van der Waals surface area contributed by atoms with E-state index in [2.05, 4.69) is 39.0 Å². The molecule has 35 heavy (non-hydrogen) atoms. The first-order chi connectivity index (χ1) is 16.7. The van der Waals surface area contributed by atoms with Crippen molar-refractivity contribution in [3.63, 3.8) is 0 Å². The van der Waals surface area contributed by atoms with Crippen molar-refractivity contribution in [3.8, 4) is 34.4 Å². The van der Waals surface area contributed by atoms with Gasteiger partial charge in [0.1, 0.15) is 17.6 Å². The van der Waals surface area contributed by atoms with Gasteiger partial charge in [0.05, 0.1) is 31.1 Å². The van der Waals surface area contributed by atoms with Gasteiger partial charge < -0.3 is 14.7 Å². The molecular weight excluding hydrogens is 454 g/mol. The molecule has 186 valence electrons. The molecular formula is C25H30F2N6O2. The van der Waals surface area contributed by atoms with Crippen LogP contribution in [0.15, 0.2) is 30.6 Å². The van der Waals surface area contributed by atoms with Crippen LogP contribution in [-0.4, -0.2) is 56.6 Å². The zero-order valence-corrected chi connectivity index (χ0v) is 20.4. The Bertz CT molecular complexity index is 1180. The van der Waals surface area contributed by atoms with Crippen molar-refractivity contribution in [2.24, 2.45) is 5.41 Å². The number of rotatable bonds is 7. The highest BCUT2D eigenvalue weighted by molar-refractivity contribution is 5.71. The van der Waals surface area contributed by atoms with Crippen molar-refractivity contribution in [2.75, 3.05) is 19.1 Å². The van der Waals surface area contributed by atoms with Gasteiger partial charge in [-0.15, -0.1) is 10.2 Å². The molecule has 0 amide bonds. The standard InChI is InChI=1S/C25H30F2N6O2/c1-5-9-25(2)10-8-17(26)19(12-25)33(3)21-14-28-23(32-31-21)16-7-6-15(11-20(16)34)22-18(27)13-29-24(30-22)35-4/h6-7,11,13-14,17,19,34H,5,8-10,12H2,1-4H3/t17-,19+,25+/m0/s1. The summed E-state index contributed by atoms with van der Waals surface area (Å²) in [5, 5.41) is 19.0. The van der Waals surface area contributed by atoms with Crippen LogP contribution in [-0.2, 0) is 0 Å². The number of hydrogen-bond donors (Lipinski definition) is 1. The predicted molar refractivity (Wildman–Crippen MR) is 128 cm³/mol. The lowest BCUT2D eigenvalue weighted by Crippen LogP contribution is -2.47. The van der Waals surface area contributed by atoms with Gasteiger partial charge in [-0.25, -0.2) is 18.7 Å². The third kappa shape index (κ3) is 5.16. The number of ether oxygens (including phenoxy) is 1. The van der Waals surface area contributed by atoms with E-state index in [4.69, 9.17) is 4.74 Å². The van der Waals surface area contributed by atoms with Crippen molar-refractivity contribution >= 4 is 5.82 Å². The Balaban J connectivity index is 1.55. The number of anilines is 1. The highest BCUT2D eigenvalue weighted by atomic mass is 19.1. The first-order valence-corrected chi connectivity index (χ1v) is 11.7. The van der Waals surface area contributed by atoms with E-state index in [0.29, 0.717) is 23.4 Å². The summed E-state index contributed by atoms with van der Waals surface area (Å²) in [5.74, 6) is -0.141. The number of aromatic hydroxyl groups is 1. The Morgan fingerprint density at radius 2 is 2.03 bits per heavy atom. The van der Waals surface area contributed by atoms with E-state index in [9.17, 15) is 13.9 Å². The maximum Gasteiger partial charge on any atom is 0.316 e. The molecule has 1 aromatic carbocycles. The van der Waals surface area contributed by atoms with Crippen LogP contribution in [0.25, 0.3) is 22.6 Å². The molecule has 2 heterocycles. The molecule has 1 aliphatic carbocycles. The summed E-state index contributed by atoms with van der Waals surface area (Å²) >= 11 is 0. The van der Waals surface area contributed by atoms with E-state index in [1.54, 1.807) is 12.1 Å². The third-order valence-electron chi connectivity index (χ3n) is 6.82. The third-order valence-corrected chi connectivity index (χ3v) is 6.82. The summed E-state index contributed by atoms with van der Waals surface area (Å²) in [6.07, 6.45) is 5.89. The SMILES string of the molecule is CCC[C@]1(C)CC[C@H](F)[C@H](N(C)c2cnc(-c3ccc(-c4nc(OC)ncc4F)cc3O)nn2)C1. The van der Waals surface area contributed by atoms with Crippen LogP contribution in [0, 0.1) is 11.2 Å². The Kier molecular flexibility index (Phi) is 7.09. The van der Waals surface area contributed by atoms with Gasteiger partial charge in [-0.3, -0.25) is 0 Å². The second kappa shape index (κ2) is 10.1. The maximum absolute atomic E-state index is 14.8. The Hall–Kier alpha value is -3.43. The van der Waals surface area contributed by atoms with E-state index < -0.39 is 12.0 Å². The van der Waals surface area contributed by atoms with Crippen molar-refractivity contribution in [3.05, 3.63) is 36.4 Å². The average Bonchev–Trinajstić information content (AvgIpc) is 2.86. The molecule has 0 spiro atoms. The van der Waals surface area contributed by atoms with Gasteiger partial charge in [0, 0.05) is 12.6 Å². The lowest BCUT2D eigenvalue weighted by molar-refractivity contribution is 0.102. The molecule has 1 N–H and O–H groups in total. The lowest BCUT2D eigenvalue weighted by Gasteiger charge is -2.43. The number of hydrogen-bond acceptors (Lipinski definition) is 8. The minimum atomic E-state index is -0.941. The molecule has 1 fully saturated rings. The van der Waals surface area contributed by atoms with Crippen LogP contribution in [0.2, 0.25) is 0 Å². The van der Waals surface area contributed by atoms with Gasteiger partial charge in [-0.1, -0.05) is 26.3 Å². The molecule has 10 heteroatoms. The smallest absolute Gasteiger partial charge is 0.316 e. The fraction of sp³-hybridized carbons (Fsp3) is 0.480. The summed E-state index contributed by atoms with van der Waals surface area (Å²) in [7, 11) is 3.20. The molecule has 0 saturated heterocycles. The summed E-state index contributed by atoms with van der Waals surface area (Å²) in [4.78, 5) is 13.9. The number of nitrogens with zero attached hydrogens (tertiary/aromatic N) is 6. The van der Waals surface area contributed by atoms with Gasteiger partial charge >= 0.3 is 6.01 Å². The van der Waals surface area contributed by atoms with Crippen LogP contribution in [0.3, 0.4) is 0 Å². The van der Waals surface area contributed by atoms with Gasteiger partial charge in [0.25, 0.3) is 0 Å². The Morgan fingerprint density at radius 1 is 1.23 bits per heavy atom. The zero-order valence-electron chi connectivity index (χ0n) is 20.4. The molecule has 2 aromatic heterocycles. The number of methoxy groups -OCH3 is 1. The maximum atomic E-state index is 14.8. The molecule has 1 saturated carbocycles. The van der Waals surface area contributed by atoms with Gasteiger partial charge in [0.2, 0.25) is 0 Å². The summed E-state index contributed by atoms with van der Waals surface area (Å²) in [5.41, 5.74) is 0.777. The predicted octanol–water partition coefficient (Wildman–Crippen LogP) is 4.98. The first-order valence-electron chi connectivity index (χ1n) is 11.7. The van der Waals surface area contributed by atoms with Crippen molar-refractivity contribution in [1.29, 1.82) is 0 Å². The Labute approximate surface area is 203 Å². The van der Waals surface area contributed by atoms with Gasteiger partial charge in [-0.2, -0.15) is 4.98 Å². The van der Waals surface area contributed by atoms with Crippen LogP contribution >= 0.6 is 0 Å². The fourth-order valence-electron chi connectivity index (χ4n) is 4.87. The van der Waals surface area contributed by atoms with Crippen LogP contribution in [0.4, 0.5) is 14.6 Å².